The number of nitrogens with one attached hydrogen (secondary N) is 1. The zero-order valence-corrected chi connectivity index (χ0v) is 13.8. The third-order valence-electron chi connectivity index (χ3n) is 4.59. The minimum atomic E-state index is -0.614. The second kappa shape index (κ2) is 6.15. The summed E-state index contributed by atoms with van der Waals surface area (Å²) in [4.78, 5) is 29.5. The first-order valence-corrected chi connectivity index (χ1v) is 8.22. The topological polar surface area (TPSA) is 79.2 Å². The number of rotatable bonds is 2. The zero-order valence-electron chi connectivity index (χ0n) is 13.8. The van der Waals surface area contributed by atoms with Gasteiger partial charge in [-0.2, -0.15) is 0 Å². The molecule has 1 aliphatic rings. The molecular weight excluding hydrogens is 333 g/mol. The minimum Gasteiger partial charge on any atom is -0.365 e. The Bertz CT molecular complexity index is 1050. The summed E-state index contributed by atoms with van der Waals surface area (Å²) >= 11 is 0. The molecule has 130 valence electrons. The zero-order chi connectivity index (χ0) is 18.3. The lowest BCUT2D eigenvalue weighted by atomic mass is 10.0. The van der Waals surface area contributed by atoms with Crippen LogP contribution in [0.25, 0.3) is 16.5 Å². The van der Waals surface area contributed by atoms with E-state index in [0.29, 0.717) is 24.2 Å². The van der Waals surface area contributed by atoms with Crippen LogP contribution in [0.3, 0.4) is 0 Å². The number of amides is 2. The largest absolute Gasteiger partial charge is 0.365 e. The Morgan fingerprint density at radius 1 is 1.08 bits per heavy atom. The molecule has 2 aromatic carbocycles. The lowest BCUT2D eigenvalue weighted by Crippen LogP contribution is -2.28. The molecular formula is C20H16FN3O2. The number of hydrogen-bond donors (Lipinski definition) is 2. The lowest BCUT2D eigenvalue weighted by Gasteiger charge is -2.17. The number of halogens is 1. The van der Waals surface area contributed by atoms with Crippen LogP contribution in [0.2, 0.25) is 0 Å². The van der Waals surface area contributed by atoms with Crippen LogP contribution < -0.4 is 5.73 Å². The maximum absolute atomic E-state index is 13.1. The number of nitrogens with two attached hydrogens (primary N) is 1. The van der Waals surface area contributed by atoms with Crippen LogP contribution >= 0.6 is 0 Å². The van der Waals surface area contributed by atoms with Crippen molar-refractivity contribution in [1.82, 2.24) is 9.88 Å². The van der Waals surface area contributed by atoms with Gasteiger partial charge >= 0.3 is 0 Å². The number of primary amides is 1. The molecule has 0 fully saturated rings. The van der Waals surface area contributed by atoms with E-state index < -0.39 is 11.7 Å². The van der Waals surface area contributed by atoms with Gasteiger partial charge in [-0.1, -0.05) is 18.2 Å². The average Bonchev–Trinajstić information content (AvgIpc) is 2.89. The number of carbonyl (C=O) groups excluding carboxylic acids is 2. The van der Waals surface area contributed by atoms with Crippen molar-refractivity contribution < 1.29 is 14.0 Å². The van der Waals surface area contributed by atoms with Crippen LogP contribution in [0.4, 0.5) is 4.39 Å². The van der Waals surface area contributed by atoms with Gasteiger partial charge in [-0.3, -0.25) is 9.59 Å². The molecule has 0 saturated heterocycles. The monoisotopic (exact) mass is 349 g/mol. The fourth-order valence-corrected chi connectivity index (χ4v) is 3.31. The highest BCUT2D eigenvalue weighted by Crippen LogP contribution is 2.30. The van der Waals surface area contributed by atoms with E-state index in [1.165, 1.54) is 35.4 Å². The Kier molecular flexibility index (Phi) is 3.80. The Hall–Kier alpha value is -3.41. The maximum atomic E-state index is 13.1. The molecule has 0 aliphatic carbocycles. The van der Waals surface area contributed by atoms with E-state index in [-0.39, 0.29) is 11.5 Å². The van der Waals surface area contributed by atoms with E-state index in [4.69, 9.17) is 5.73 Å². The van der Waals surface area contributed by atoms with Gasteiger partial charge < -0.3 is 15.6 Å². The van der Waals surface area contributed by atoms with Gasteiger partial charge in [0.15, 0.2) is 0 Å². The molecule has 0 bridgehead atoms. The standard InChI is InChI=1S/C20H16FN3O2/c21-13-7-5-12(6-8-13)20(26)24-10-9-15-14-3-1-2-4-17(14)23-18(15)16(11-24)19(22)25/h1-8,11,23H,9-10H2,(H2,22,25). The van der Waals surface area contributed by atoms with Crippen molar-refractivity contribution in [3.8, 4) is 0 Å². The molecule has 1 aromatic heterocycles. The molecule has 3 N–H and O–H groups in total. The first-order chi connectivity index (χ1) is 12.5. The molecule has 26 heavy (non-hydrogen) atoms. The molecule has 0 spiro atoms. The van der Waals surface area contributed by atoms with E-state index in [2.05, 4.69) is 4.98 Å². The van der Waals surface area contributed by atoms with Crippen molar-refractivity contribution in [3.05, 3.63) is 77.4 Å². The van der Waals surface area contributed by atoms with Crippen molar-refractivity contribution >= 4 is 28.3 Å². The number of benzene rings is 2. The van der Waals surface area contributed by atoms with Gasteiger partial charge in [0.1, 0.15) is 5.82 Å². The highest BCUT2D eigenvalue weighted by molar-refractivity contribution is 6.20. The number of aromatic nitrogens is 1. The van der Waals surface area contributed by atoms with Gasteiger partial charge in [0, 0.05) is 29.2 Å². The summed E-state index contributed by atoms with van der Waals surface area (Å²) in [6, 6.07) is 13.1. The fraction of sp³-hybridized carbons (Fsp3) is 0.100. The molecule has 4 rings (SSSR count). The molecule has 0 radical (unpaired) electrons. The summed E-state index contributed by atoms with van der Waals surface area (Å²) < 4.78 is 13.1. The number of H-pyrrole nitrogens is 1. The average molecular weight is 349 g/mol. The first kappa shape index (κ1) is 16.1. The summed E-state index contributed by atoms with van der Waals surface area (Å²) in [7, 11) is 0. The van der Waals surface area contributed by atoms with Gasteiger partial charge in [0.05, 0.1) is 11.3 Å². The Balaban J connectivity index is 1.78. The number of para-hydroxylation sites is 1. The normalized spacial score (nSPS) is 13.9. The van der Waals surface area contributed by atoms with Crippen LogP contribution in [0.5, 0.6) is 0 Å². The number of hydrogen-bond acceptors (Lipinski definition) is 2. The molecule has 1 aliphatic heterocycles. The van der Waals surface area contributed by atoms with E-state index in [9.17, 15) is 14.0 Å². The summed E-state index contributed by atoms with van der Waals surface area (Å²) in [6.45, 7) is 0.391. The quantitative estimate of drug-likeness (QED) is 0.746. The SMILES string of the molecule is NC(=O)C1=CN(C(=O)c2ccc(F)cc2)CCc2c1[nH]c1ccccc21. The van der Waals surface area contributed by atoms with E-state index in [1.807, 2.05) is 24.3 Å². The van der Waals surface area contributed by atoms with Crippen LogP contribution in [-0.4, -0.2) is 28.2 Å². The van der Waals surface area contributed by atoms with Gasteiger partial charge in [0.2, 0.25) is 0 Å². The number of fused-ring (bicyclic) bond motifs is 3. The predicted molar refractivity (Wildman–Crippen MR) is 96.6 cm³/mol. The summed E-state index contributed by atoms with van der Waals surface area (Å²) in [5.74, 6) is -1.33. The molecule has 0 saturated carbocycles. The van der Waals surface area contributed by atoms with Crippen molar-refractivity contribution in [3.63, 3.8) is 0 Å². The van der Waals surface area contributed by atoms with E-state index in [1.54, 1.807) is 0 Å². The van der Waals surface area contributed by atoms with Crippen molar-refractivity contribution in [2.24, 2.45) is 5.73 Å². The number of carbonyl (C=O) groups is 2. The van der Waals surface area contributed by atoms with Gasteiger partial charge in [0.25, 0.3) is 11.8 Å². The fourth-order valence-electron chi connectivity index (χ4n) is 3.31. The number of nitrogens with zero attached hydrogens (tertiary/aromatic N) is 1. The van der Waals surface area contributed by atoms with Crippen molar-refractivity contribution in [1.29, 1.82) is 0 Å². The van der Waals surface area contributed by atoms with Crippen LogP contribution in [0, 0.1) is 5.82 Å². The highest BCUT2D eigenvalue weighted by Gasteiger charge is 2.25. The first-order valence-electron chi connectivity index (χ1n) is 8.22. The summed E-state index contributed by atoms with van der Waals surface area (Å²) in [5.41, 5.74) is 8.71. The Morgan fingerprint density at radius 3 is 2.54 bits per heavy atom. The van der Waals surface area contributed by atoms with Crippen LogP contribution in [-0.2, 0) is 11.2 Å². The minimum absolute atomic E-state index is 0.254. The maximum Gasteiger partial charge on any atom is 0.257 e. The second-order valence-corrected chi connectivity index (χ2v) is 6.19. The molecule has 2 heterocycles. The van der Waals surface area contributed by atoms with Crippen LogP contribution in [0.1, 0.15) is 21.6 Å². The third-order valence-corrected chi connectivity index (χ3v) is 4.59. The Labute approximate surface area is 148 Å². The highest BCUT2D eigenvalue weighted by atomic mass is 19.1. The number of aromatic amines is 1. The predicted octanol–water partition coefficient (Wildman–Crippen LogP) is 2.83. The van der Waals surface area contributed by atoms with E-state index in [0.717, 1.165) is 16.5 Å². The molecule has 0 atom stereocenters. The molecule has 3 aromatic rings. The lowest BCUT2D eigenvalue weighted by molar-refractivity contribution is -0.112. The molecule has 2 amide bonds. The summed E-state index contributed by atoms with van der Waals surface area (Å²) in [5, 5.41) is 1.01. The van der Waals surface area contributed by atoms with Crippen molar-refractivity contribution in [2.45, 2.75) is 6.42 Å². The molecule has 0 unspecified atom stereocenters. The molecule has 5 nitrogen and oxygen atoms in total. The van der Waals surface area contributed by atoms with Gasteiger partial charge in [-0.25, -0.2) is 4.39 Å². The van der Waals surface area contributed by atoms with E-state index >= 15 is 0 Å². The van der Waals surface area contributed by atoms with Crippen molar-refractivity contribution in [2.75, 3.05) is 6.54 Å². The van der Waals surface area contributed by atoms with Crippen LogP contribution in [0.15, 0.2) is 54.7 Å². The molecule has 6 heteroatoms. The van der Waals surface area contributed by atoms with Gasteiger partial charge in [-0.15, -0.1) is 0 Å². The third kappa shape index (κ3) is 2.65. The second-order valence-electron chi connectivity index (χ2n) is 6.19. The van der Waals surface area contributed by atoms with Gasteiger partial charge in [-0.05, 0) is 42.3 Å². The Morgan fingerprint density at radius 2 is 1.81 bits per heavy atom. The smallest absolute Gasteiger partial charge is 0.257 e. The summed E-state index contributed by atoms with van der Waals surface area (Å²) in [6.07, 6.45) is 2.05.